The molecule has 3 heteroatoms. The van der Waals surface area contributed by atoms with Crippen molar-refractivity contribution in [2.24, 2.45) is 0 Å². The number of hydrogen-bond acceptors (Lipinski definition) is 2. The first-order valence-corrected chi connectivity index (χ1v) is 6.90. The largest absolute Gasteiger partial charge is 0.472 e. The number of halogens is 1. The molecule has 1 atom stereocenters. The van der Waals surface area contributed by atoms with Gasteiger partial charge in [0.05, 0.1) is 18.6 Å². The fourth-order valence-corrected chi connectivity index (χ4v) is 2.57. The molecule has 96 valence electrons. The van der Waals surface area contributed by atoms with Crippen molar-refractivity contribution in [1.29, 1.82) is 0 Å². The zero-order valence-electron chi connectivity index (χ0n) is 10.2. The third kappa shape index (κ3) is 2.72. The lowest BCUT2D eigenvalue weighted by atomic mass is 10.00. The molecule has 0 amide bonds. The minimum Gasteiger partial charge on any atom is -0.472 e. The first-order valence-electron chi connectivity index (χ1n) is 6.11. The Hall–Kier alpha value is -1.58. The molecule has 2 aromatic carbocycles. The van der Waals surface area contributed by atoms with E-state index in [1.54, 1.807) is 12.5 Å². The fourth-order valence-electron chi connectivity index (χ4n) is 2.19. The van der Waals surface area contributed by atoms with Gasteiger partial charge in [-0.2, -0.15) is 0 Å². The topological polar surface area (TPSA) is 33.4 Å². The molecule has 0 aliphatic rings. The number of benzene rings is 2. The van der Waals surface area contributed by atoms with Crippen molar-refractivity contribution in [3.05, 3.63) is 70.6 Å². The van der Waals surface area contributed by atoms with E-state index in [0.29, 0.717) is 6.42 Å². The summed E-state index contributed by atoms with van der Waals surface area (Å²) in [5, 5.41) is 12.5. The molecule has 1 heterocycles. The number of rotatable bonds is 3. The maximum absolute atomic E-state index is 10.3. The van der Waals surface area contributed by atoms with Gasteiger partial charge in [-0.1, -0.05) is 34.1 Å². The Balaban J connectivity index is 1.90. The van der Waals surface area contributed by atoms with E-state index in [1.165, 1.54) is 0 Å². The quantitative estimate of drug-likeness (QED) is 0.773. The first-order chi connectivity index (χ1) is 9.22. The zero-order chi connectivity index (χ0) is 13.2. The summed E-state index contributed by atoms with van der Waals surface area (Å²) in [4.78, 5) is 0. The second kappa shape index (κ2) is 5.19. The van der Waals surface area contributed by atoms with E-state index in [0.717, 1.165) is 26.4 Å². The van der Waals surface area contributed by atoms with Gasteiger partial charge >= 0.3 is 0 Å². The van der Waals surface area contributed by atoms with Gasteiger partial charge in [-0.25, -0.2) is 0 Å². The molecule has 1 N–H and O–H groups in total. The number of aliphatic hydroxyl groups excluding tert-OH is 1. The van der Waals surface area contributed by atoms with Gasteiger partial charge in [0.1, 0.15) is 0 Å². The number of hydrogen-bond donors (Lipinski definition) is 1. The van der Waals surface area contributed by atoms with Crippen LogP contribution >= 0.6 is 15.9 Å². The summed E-state index contributed by atoms with van der Waals surface area (Å²) in [5.41, 5.74) is 1.93. The van der Waals surface area contributed by atoms with Gasteiger partial charge in [0.2, 0.25) is 0 Å². The molecule has 0 spiro atoms. The zero-order valence-corrected chi connectivity index (χ0v) is 11.8. The molecule has 0 aliphatic carbocycles. The van der Waals surface area contributed by atoms with Crippen LogP contribution in [0.25, 0.3) is 10.8 Å². The molecule has 0 fully saturated rings. The summed E-state index contributed by atoms with van der Waals surface area (Å²) >= 11 is 3.46. The van der Waals surface area contributed by atoms with Gasteiger partial charge in [-0.3, -0.25) is 0 Å². The average Bonchev–Trinajstić information content (AvgIpc) is 2.91. The third-order valence-electron chi connectivity index (χ3n) is 3.22. The molecule has 1 unspecified atom stereocenters. The smallest absolute Gasteiger partial charge is 0.0935 e. The summed E-state index contributed by atoms with van der Waals surface area (Å²) in [7, 11) is 0. The maximum atomic E-state index is 10.3. The third-order valence-corrected chi connectivity index (χ3v) is 3.71. The molecule has 3 rings (SSSR count). The maximum Gasteiger partial charge on any atom is 0.0935 e. The Bertz CT molecular complexity index is 689. The predicted octanol–water partition coefficient (Wildman–Crippen LogP) is 4.47. The highest BCUT2D eigenvalue weighted by Crippen LogP contribution is 2.25. The lowest BCUT2D eigenvalue weighted by Crippen LogP contribution is -2.00. The molecule has 1 aromatic heterocycles. The summed E-state index contributed by atoms with van der Waals surface area (Å²) < 4.78 is 6.08. The highest BCUT2D eigenvalue weighted by Gasteiger charge is 2.10. The van der Waals surface area contributed by atoms with Crippen LogP contribution in [0.4, 0.5) is 0 Å². The predicted molar refractivity (Wildman–Crippen MR) is 79.0 cm³/mol. The second-order valence-corrected chi connectivity index (χ2v) is 5.52. The molecular weight excluding hydrogens is 304 g/mol. The Morgan fingerprint density at radius 1 is 1.05 bits per heavy atom. The minimum atomic E-state index is -0.509. The van der Waals surface area contributed by atoms with Crippen molar-refractivity contribution >= 4 is 26.7 Å². The van der Waals surface area contributed by atoms with Crippen LogP contribution in [0.5, 0.6) is 0 Å². The van der Waals surface area contributed by atoms with Gasteiger partial charge in [0.25, 0.3) is 0 Å². The molecule has 0 saturated heterocycles. The van der Waals surface area contributed by atoms with E-state index in [4.69, 9.17) is 4.42 Å². The van der Waals surface area contributed by atoms with Crippen LogP contribution in [0.15, 0.2) is 63.9 Å². The first kappa shape index (κ1) is 12.5. The summed E-state index contributed by atoms with van der Waals surface area (Å²) in [6.07, 6.45) is 3.35. The Morgan fingerprint density at radius 2 is 1.84 bits per heavy atom. The van der Waals surface area contributed by atoms with E-state index in [9.17, 15) is 5.11 Å². The molecular formula is C16H13BrO2. The monoisotopic (exact) mass is 316 g/mol. The van der Waals surface area contributed by atoms with E-state index in [1.807, 2.05) is 36.4 Å². The SMILES string of the molecule is OC(Cc1ccoc1)c1ccc2cc(Br)ccc2c1. The fraction of sp³-hybridized carbons (Fsp3) is 0.125. The van der Waals surface area contributed by atoms with Gasteiger partial charge in [0, 0.05) is 10.9 Å². The molecule has 19 heavy (non-hydrogen) atoms. The Labute approximate surface area is 119 Å². The Morgan fingerprint density at radius 3 is 2.63 bits per heavy atom. The van der Waals surface area contributed by atoms with Crippen molar-refractivity contribution in [1.82, 2.24) is 0 Å². The minimum absolute atomic E-state index is 0.509. The highest BCUT2D eigenvalue weighted by molar-refractivity contribution is 9.10. The van der Waals surface area contributed by atoms with Crippen LogP contribution < -0.4 is 0 Å². The van der Waals surface area contributed by atoms with Crippen molar-refractivity contribution in [3.8, 4) is 0 Å². The van der Waals surface area contributed by atoms with Crippen LogP contribution in [0.3, 0.4) is 0 Å². The summed E-state index contributed by atoms with van der Waals surface area (Å²) in [6, 6.07) is 14.0. The van der Waals surface area contributed by atoms with E-state index in [2.05, 4.69) is 22.0 Å². The van der Waals surface area contributed by atoms with Crippen LogP contribution in [0.2, 0.25) is 0 Å². The van der Waals surface area contributed by atoms with Crippen LogP contribution in [0, 0.1) is 0 Å². The van der Waals surface area contributed by atoms with E-state index in [-0.39, 0.29) is 0 Å². The molecule has 0 saturated carbocycles. The standard InChI is InChI=1S/C16H13BrO2/c17-15-4-3-12-8-14(2-1-13(12)9-15)16(18)7-11-5-6-19-10-11/h1-6,8-10,16,18H,7H2. The highest BCUT2D eigenvalue weighted by atomic mass is 79.9. The van der Waals surface area contributed by atoms with Crippen molar-refractivity contribution < 1.29 is 9.52 Å². The van der Waals surface area contributed by atoms with Crippen LogP contribution in [-0.4, -0.2) is 5.11 Å². The molecule has 0 bridgehead atoms. The summed E-state index contributed by atoms with van der Waals surface area (Å²) in [6.45, 7) is 0. The lowest BCUT2D eigenvalue weighted by molar-refractivity contribution is 0.178. The lowest BCUT2D eigenvalue weighted by Gasteiger charge is -2.11. The number of furan rings is 1. The molecule has 2 nitrogen and oxygen atoms in total. The van der Waals surface area contributed by atoms with Crippen molar-refractivity contribution in [2.45, 2.75) is 12.5 Å². The average molecular weight is 317 g/mol. The second-order valence-electron chi connectivity index (χ2n) is 4.60. The van der Waals surface area contributed by atoms with E-state index >= 15 is 0 Å². The Kier molecular flexibility index (Phi) is 3.40. The number of aliphatic hydroxyl groups is 1. The van der Waals surface area contributed by atoms with Crippen molar-refractivity contribution in [3.63, 3.8) is 0 Å². The van der Waals surface area contributed by atoms with Gasteiger partial charge < -0.3 is 9.52 Å². The van der Waals surface area contributed by atoms with Crippen LogP contribution in [0.1, 0.15) is 17.2 Å². The normalized spacial score (nSPS) is 12.7. The molecule has 0 aliphatic heterocycles. The van der Waals surface area contributed by atoms with Gasteiger partial charge in [-0.05, 0) is 46.2 Å². The molecule has 3 aromatic rings. The number of fused-ring (bicyclic) bond motifs is 1. The van der Waals surface area contributed by atoms with Gasteiger partial charge in [-0.15, -0.1) is 0 Å². The van der Waals surface area contributed by atoms with Crippen molar-refractivity contribution in [2.75, 3.05) is 0 Å². The van der Waals surface area contributed by atoms with Crippen LogP contribution in [-0.2, 0) is 6.42 Å². The van der Waals surface area contributed by atoms with E-state index < -0.39 is 6.10 Å². The summed E-state index contributed by atoms with van der Waals surface area (Å²) in [5.74, 6) is 0. The van der Waals surface area contributed by atoms with Gasteiger partial charge in [0.15, 0.2) is 0 Å². The molecule has 0 radical (unpaired) electrons.